The molecule has 46 nitrogen and oxygen atoms in total. The quantitative estimate of drug-likeness (QED) is 0.0382. The second-order valence-electron chi connectivity index (χ2n) is 26.9. The number of hydrogen-bond acceptors (Lipinski definition) is 44. The Morgan fingerprint density at radius 2 is 0.619 bits per heavy atom. The van der Waals surface area contributed by atoms with Gasteiger partial charge >= 0.3 is 0 Å². The first kappa shape index (κ1) is 86.2. The van der Waals surface area contributed by atoms with E-state index in [0.717, 1.165) is 21.0 Å². The van der Waals surface area contributed by atoms with E-state index in [-0.39, 0.29) is 0 Å². The summed E-state index contributed by atoms with van der Waals surface area (Å²) in [6.45, 7) is -2.79. The van der Waals surface area contributed by atoms with Crippen LogP contribution in [0.25, 0.3) is 0 Å². The highest BCUT2D eigenvalue weighted by Gasteiger charge is 2.61. The Labute approximate surface area is 595 Å². The molecule has 0 aromatic heterocycles. The molecule has 2 amide bonds. The fourth-order valence-corrected chi connectivity index (χ4v) is 13.5. The average molecular weight is 1540 g/mol. The van der Waals surface area contributed by atoms with Crippen molar-refractivity contribution in [2.45, 2.75) is 304 Å². The molecule has 9 aliphatic heterocycles. The predicted octanol–water partition coefficient (Wildman–Crippen LogP) is -17.6. The number of aliphatic hydroxyl groups is 24. The molecule has 0 aromatic rings. The zero-order chi connectivity index (χ0) is 77.2. The summed E-state index contributed by atoms with van der Waals surface area (Å²) in [4.78, 5) is 26.0. The number of rotatable bonds is 26. The van der Waals surface area contributed by atoms with Crippen molar-refractivity contribution in [3.05, 3.63) is 0 Å². The number of hydrogen-bond donors (Lipinski definition) is 26. The number of methoxy groups -OCH3 is 1. The van der Waals surface area contributed by atoms with Crippen molar-refractivity contribution in [1.29, 1.82) is 0 Å². The summed E-state index contributed by atoms with van der Waals surface area (Å²) < 4.78 is 108. The van der Waals surface area contributed by atoms with Crippen LogP contribution in [0, 0.1) is 0 Å². The van der Waals surface area contributed by atoms with Gasteiger partial charge in [-0.15, -0.1) is 0 Å². The summed E-state index contributed by atoms with van der Waals surface area (Å²) in [5, 5.41) is 271. The van der Waals surface area contributed by atoms with Gasteiger partial charge in [0.1, 0.15) is 207 Å². The number of aliphatic hydroxyl groups excluding tert-OH is 24. The smallest absolute Gasteiger partial charge is 0.217 e. The predicted molar refractivity (Wildman–Crippen MR) is 322 cm³/mol. The standard InChI is InChI=1S/C59H100N2O44/c1-13-26(68)35(77)43(85)55(92-13)105-50-47(103-56-44(86)38(80)30(72)19(8-64)97-56)33(75)23(12-91-57-49(104-58-48(88-5)39(81)27(69)14(2)93-58)40(82)31(73)21(99-57)10-89-53-41(83)36(78)28(70)17(6-62)95-53)100-59(50)102-46-25(61-16(4)67)52(101-45-20(9-65)94-51(87)24(34(45)76)60-15(3)66)98-22(32(46)74)11-90-54-42(84)37(79)29(71)18(7-63)96-54/h13-14,17-59,62-65,68-87H,6-12H2,1-5H3,(H,60,66)(H,61,67)/t13-,14-,17+,18+,19+,20+,21+,22+,23+,24+,25+,26+,27+,28-,29+,30-,31-,32-,33-,34+,35+,36-,37-,38-,39+,40-,41+,42+,43-,44+,45+,46+,47-,48-,49+,50+,51-,52-,53+,54+,55-,56-,57+,58-,59-/m0/s1. The van der Waals surface area contributed by atoms with Crippen LogP contribution in [0.2, 0.25) is 0 Å². The normalized spacial score (nSPS) is 51.5. The van der Waals surface area contributed by atoms with E-state index in [1.165, 1.54) is 13.8 Å². The third-order valence-corrected chi connectivity index (χ3v) is 19.7. The van der Waals surface area contributed by atoms with Crippen LogP contribution in [0.4, 0.5) is 0 Å². The molecule has 9 fully saturated rings. The fraction of sp³-hybridized carbons (Fsp3) is 0.966. The van der Waals surface area contributed by atoms with Gasteiger partial charge in [-0.1, -0.05) is 0 Å². The van der Waals surface area contributed by atoms with Gasteiger partial charge in [-0.25, -0.2) is 0 Å². The third kappa shape index (κ3) is 18.8. The van der Waals surface area contributed by atoms with Gasteiger partial charge in [-0.05, 0) is 13.8 Å². The molecule has 46 heteroatoms. The lowest BCUT2D eigenvalue weighted by Gasteiger charge is -2.52. The molecule has 0 aliphatic carbocycles. The van der Waals surface area contributed by atoms with Gasteiger partial charge in [0.15, 0.2) is 56.6 Å². The Morgan fingerprint density at radius 1 is 0.286 bits per heavy atom. The minimum Gasteiger partial charge on any atom is -0.394 e. The highest BCUT2D eigenvalue weighted by atomic mass is 16.8. The summed E-state index contributed by atoms with van der Waals surface area (Å²) in [5.74, 6) is -1.86. The molecule has 26 N–H and O–H groups in total. The van der Waals surface area contributed by atoms with Crippen molar-refractivity contribution in [3.63, 3.8) is 0 Å². The number of amides is 2. The lowest BCUT2D eigenvalue weighted by atomic mass is 9.93. The maximum absolute atomic E-state index is 13.6. The van der Waals surface area contributed by atoms with Crippen LogP contribution in [0.15, 0.2) is 0 Å². The molecule has 105 heavy (non-hydrogen) atoms. The topological polar surface area (TPSA) is 710 Å². The van der Waals surface area contributed by atoms with E-state index in [1.807, 2.05) is 0 Å². The minimum absolute atomic E-state index is 0.834. The van der Waals surface area contributed by atoms with Crippen LogP contribution in [0.5, 0.6) is 0 Å². The SMILES string of the molecule is CO[C@@H]1[C@H](O[C@H]2[C@H](OC[C@H]3O[C@@H](O[C@H]4[C@@H](O)[C@@H](CO[C@@H]5O[C@H](CO)[C@@H](O)[C@H](O)[C@H]5O)O[C@@H](O[C@H]5[C@H](O)[C@@H](NC(C)=O)[C@@H](O)O[C@@H]5CO)[C@@H]4NC(C)=O)[C@H](O[C@@H]4O[C@@H](C)[C@@H](O)[C@@H](O)[C@@H]4O)[C@@H](O[C@@H]4O[C@H](CO)[C@H](O)[C@H](O)[C@H]4O)[C@H]3O)O[C@H](CO[C@@H]3O[C@H](CO)[C@H](O)[C@H](O)[C@H]3O)[C@H](O)[C@@H]2O)O[C@@H](C)[C@@H](O)[C@H]1O. The van der Waals surface area contributed by atoms with Crippen molar-refractivity contribution >= 4 is 11.8 Å². The van der Waals surface area contributed by atoms with Crippen LogP contribution >= 0.6 is 0 Å². The Morgan fingerprint density at radius 3 is 1.11 bits per heavy atom. The van der Waals surface area contributed by atoms with Crippen LogP contribution in [0.1, 0.15) is 27.7 Å². The molecule has 0 saturated carbocycles. The van der Waals surface area contributed by atoms with E-state index >= 15 is 0 Å². The third-order valence-electron chi connectivity index (χ3n) is 19.7. The van der Waals surface area contributed by atoms with Crippen molar-refractivity contribution < 1.29 is 217 Å². The summed E-state index contributed by atoms with van der Waals surface area (Å²) >= 11 is 0. The summed E-state index contributed by atoms with van der Waals surface area (Å²) in [6, 6.07) is -3.83. The number of ether oxygens (including phenoxy) is 18. The zero-order valence-corrected chi connectivity index (χ0v) is 56.8. The molecule has 9 rings (SSSR count). The van der Waals surface area contributed by atoms with Crippen LogP contribution in [-0.2, 0) is 94.9 Å². The summed E-state index contributed by atoms with van der Waals surface area (Å²) in [5.41, 5.74) is 0. The van der Waals surface area contributed by atoms with Gasteiger partial charge in [0, 0.05) is 21.0 Å². The van der Waals surface area contributed by atoms with Gasteiger partial charge in [0.25, 0.3) is 0 Å². The fourth-order valence-electron chi connectivity index (χ4n) is 13.5. The molecule has 0 bridgehead atoms. The lowest BCUT2D eigenvalue weighted by Crippen LogP contribution is -2.71. The summed E-state index contributed by atoms with van der Waals surface area (Å²) in [7, 11) is 1.08. The van der Waals surface area contributed by atoms with Crippen LogP contribution in [-0.4, -0.2) is 464 Å². The average Bonchev–Trinajstić information content (AvgIpc) is 0.760. The molecule has 9 aliphatic rings. The molecular weight excluding hydrogens is 1440 g/mol. The Kier molecular flexibility index (Phi) is 30.6. The van der Waals surface area contributed by atoms with E-state index in [9.17, 15) is 132 Å². The van der Waals surface area contributed by atoms with E-state index in [4.69, 9.17) is 85.3 Å². The van der Waals surface area contributed by atoms with E-state index in [0.29, 0.717) is 0 Å². The second kappa shape index (κ2) is 37.3. The summed E-state index contributed by atoms with van der Waals surface area (Å²) in [6.07, 6.45) is -86.9. The molecule has 0 radical (unpaired) electrons. The second-order valence-corrected chi connectivity index (χ2v) is 26.9. The van der Waals surface area contributed by atoms with Gasteiger partial charge in [0.05, 0.1) is 58.5 Å². The van der Waals surface area contributed by atoms with Gasteiger partial charge < -0.3 is 218 Å². The highest BCUT2D eigenvalue weighted by Crippen LogP contribution is 2.40. The molecule has 9 heterocycles. The van der Waals surface area contributed by atoms with Gasteiger partial charge in [-0.2, -0.15) is 0 Å². The van der Waals surface area contributed by atoms with Gasteiger partial charge in [0.2, 0.25) is 11.8 Å². The number of carbonyl (C=O) groups excluding carboxylic acids is 2. The minimum atomic E-state index is -2.53. The van der Waals surface area contributed by atoms with Crippen LogP contribution < -0.4 is 10.6 Å². The maximum atomic E-state index is 13.6. The molecule has 0 unspecified atom stereocenters. The first-order valence-electron chi connectivity index (χ1n) is 33.7. The first-order chi connectivity index (χ1) is 49.6. The maximum Gasteiger partial charge on any atom is 0.217 e. The van der Waals surface area contributed by atoms with Crippen molar-refractivity contribution in [1.82, 2.24) is 10.6 Å². The highest BCUT2D eigenvalue weighted by molar-refractivity contribution is 5.73. The van der Waals surface area contributed by atoms with Crippen molar-refractivity contribution in [2.75, 3.05) is 53.4 Å². The number of nitrogens with one attached hydrogen (secondary N) is 2. The Balaban J connectivity index is 1.15. The number of carbonyl (C=O) groups is 2. The van der Waals surface area contributed by atoms with E-state index in [1.54, 1.807) is 0 Å². The molecule has 9 saturated heterocycles. The molecule has 0 aromatic carbocycles. The Bertz CT molecular complexity index is 2690. The molecule has 45 atom stereocenters. The van der Waals surface area contributed by atoms with Crippen LogP contribution in [0.3, 0.4) is 0 Å². The van der Waals surface area contributed by atoms with Gasteiger partial charge in [-0.3, -0.25) is 9.59 Å². The molecular formula is C59H100N2O44. The lowest BCUT2D eigenvalue weighted by molar-refractivity contribution is -0.408. The largest absolute Gasteiger partial charge is 0.394 e. The van der Waals surface area contributed by atoms with Crippen molar-refractivity contribution in [3.8, 4) is 0 Å². The first-order valence-corrected chi connectivity index (χ1v) is 33.7. The van der Waals surface area contributed by atoms with E-state index < -0.39 is 334 Å². The Hall–Kier alpha value is -2.74. The molecule has 0 spiro atoms. The van der Waals surface area contributed by atoms with Crippen molar-refractivity contribution in [2.24, 2.45) is 0 Å². The monoisotopic (exact) mass is 1540 g/mol. The molecule has 610 valence electrons. The zero-order valence-electron chi connectivity index (χ0n) is 56.8. The van der Waals surface area contributed by atoms with E-state index in [2.05, 4.69) is 10.6 Å².